The second-order valence-electron chi connectivity index (χ2n) is 2.04. The quantitative estimate of drug-likeness (QED) is 0.587. The molecule has 1 N–H and O–H groups in total. The van der Waals surface area contributed by atoms with Gasteiger partial charge in [-0.25, -0.2) is 13.1 Å². The van der Waals surface area contributed by atoms with Crippen LogP contribution < -0.4 is 4.72 Å². The lowest BCUT2D eigenvalue weighted by Crippen LogP contribution is -2.15. The van der Waals surface area contributed by atoms with Gasteiger partial charge in [0.15, 0.2) is 0 Å². The zero-order chi connectivity index (χ0) is 7.33. The molecular formula is C5H13NO2S. The van der Waals surface area contributed by atoms with Gasteiger partial charge in [-0.3, -0.25) is 0 Å². The fourth-order valence-electron chi connectivity index (χ4n) is 0. The maximum atomic E-state index is 9.89. The average Bonchev–Trinajstić information content (AvgIpc) is 2.45. The van der Waals surface area contributed by atoms with Gasteiger partial charge in [-0.15, -0.1) is 0 Å². The van der Waals surface area contributed by atoms with Gasteiger partial charge in [0, 0.05) is 0 Å². The standard InChI is InChI=1S/C3H6.C2H7NO2S/c1-2-3-1;1-3-6(2,4)5/h1-3H2;3H,1-2H3. The van der Waals surface area contributed by atoms with Crippen LogP contribution in [0.25, 0.3) is 0 Å². The van der Waals surface area contributed by atoms with Crippen molar-refractivity contribution in [1.82, 2.24) is 4.72 Å². The largest absolute Gasteiger partial charge is 0.219 e. The minimum atomic E-state index is -2.91. The summed E-state index contributed by atoms with van der Waals surface area (Å²) < 4.78 is 21.9. The monoisotopic (exact) mass is 151 g/mol. The summed E-state index contributed by atoms with van der Waals surface area (Å²) in [7, 11) is -1.54. The summed E-state index contributed by atoms with van der Waals surface area (Å²) in [6, 6.07) is 0. The van der Waals surface area contributed by atoms with E-state index < -0.39 is 10.0 Å². The molecule has 0 spiro atoms. The van der Waals surface area contributed by atoms with E-state index in [9.17, 15) is 8.42 Å². The Morgan fingerprint density at radius 2 is 1.44 bits per heavy atom. The van der Waals surface area contributed by atoms with Crippen LogP contribution in [0.4, 0.5) is 0 Å². The Hall–Kier alpha value is -0.0900. The smallest absolute Gasteiger partial charge is 0.208 e. The van der Waals surface area contributed by atoms with E-state index in [1.807, 2.05) is 0 Å². The normalized spacial score (nSPS) is 15.8. The first-order valence-electron chi connectivity index (χ1n) is 2.95. The fourth-order valence-corrected chi connectivity index (χ4v) is 0. The molecule has 0 aromatic heterocycles. The van der Waals surface area contributed by atoms with Crippen LogP contribution in [0.15, 0.2) is 0 Å². The van der Waals surface area contributed by atoms with E-state index in [0.717, 1.165) is 6.26 Å². The van der Waals surface area contributed by atoms with Gasteiger partial charge in [-0.1, -0.05) is 19.3 Å². The van der Waals surface area contributed by atoms with E-state index in [4.69, 9.17) is 0 Å². The highest BCUT2D eigenvalue weighted by Crippen LogP contribution is 2.14. The number of rotatable bonds is 1. The van der Waals surface area contributed by atoms with E-state index in [1.165, 1.54) is 26.3 Å². The van der Waals surface area contributed by atoms with Crippen molar-refractivity contribution in [3.63, 3.8) is 0 Å². The molecule has 0 atom stereocenters. The lowest BCUT2D eigenvalue weighted by atomic mass is 11.0. The summed E-state index contributed by atoms with van der Waals surface area (Å²) in [6.07, 6.45) is 5.60. The zero-order valence-corrected chi connectivity index (χ0v) is 6.66. The van der Waals surface area contributed by atoms with Gasteiger partial charge in [-0.05, 0) is 7.05 Å². The highest BCUT2D eigenvalue weighted by Gasteiger charge is 1.95. The van der Waals surface area contributed by atoms with Crippen LogP contribution in [0.2, 0.25) is 0 Å². The Morgan fingerprint density at radius 1 is 1.22 bits per heavy atom. The third-order valence-electron chi connectivity index (χ3n) is 0.724. The maximum absolute atomic E-state index is 9.89. The van der Waals surface area contributed by atoms with Crippen LogP contribution in [-0.4, -0.2) is 21.7 Å². The highest BCUT2D eigenvalue weighted by molar-refractivity contribution is 7.88. The second kappa shape index (κ2) is 3.85. The number of hydrogen-bond donors (Lipinski definition) is 1. The van der Waals surface area contributed by atoms with Crippen molar-refractivity contribution in [3.8, 4) is 0 Å². The average molecular weight is 151 g/mol. The molecule has 3 nitrogen and oxygen atoms in total. The molecule has 0 bridgehead atoms. The van der Waals surface area contributed by atoms with E-state index in [1.54, 1.807) is 0 Å². The molecule has 9 heavy (non-hydrogen) atoms. The summed E-state index contributed by atoms with van der Waals surface area (Å²) in [4.78, 5) is 0. The molecule has 4 heteroatoms. The van der Waals surface area contributed by atoms with Gasteiger partial charge in [0.2, 0.25) is 10.0 Å². The molecule has 0 heterocycles. The van der Waals surface area contributed by atoms with Gasteiger partial charge in [0.05, 0.1) is 6.26 Å². The lowest BCUT2D eigenvalue weighted by molar-refractivity contribution is 0.594. The maximum Gasteiger partial charge on any atom is 0.208 e. The van der Waals surface area contributed by atoms with Crippen LogP contribution in [0.1, 0.15) is 19.3 Å². The van der Waals surface area contributed by atoms with Gasteiger partial charge >= 0.3 is 0 Å². The molecule has 1 aliphatic carbocycles. The predicted molar refractivity (Wildman–Crippen MR) is 37.8 cm³/mol. The second-order valence-corrected chi connectivity index (χ2v) is 3.99. The van der Waals surface area contributed by atoms with Gasteiger partial charge < -0.3 is 0 Å². The first kappa shape index (κ1) is 8.91. The highest BCUT2D eigenvalue weighted by atomic mass is 32.2. The Labute approximate surface area is 56.5 Å². The fraction of sp³-hybridized carbons (Fsp3) is 1.00. The lowest BCUT2D eigenvalue weighted by Gasteiger charge is -1.85. The molecule has 1 fully saturated rings. The molecule has 0 aromatic carbocycles. The SMILES string of the molecule is C1CC1.CNS(C)(=O)=O. The zero-order valence-electron chi connectivity index (χ0n) is 5.85. The van der Waals surface area contributed by atoms with Crippen LogP contribution in [0.3, 0.4) is 0 Å². The molecule has 0 saturated heterocycles. The Bertz CT molecular complexity index is 146. The number of nitrogens with one attached hydrogen (secondary N) is 1. The number of sulfonamides is 1. The van der Waals surface area contributed by atoms with Crippen LogP contribution in [0.5, 0.6) is 0 Å². The minimum Gasteiger partial charge on any atom is -0.219 e. The molecule has 0 aromatic rings. The molecule has 56 valence electrons. The van der Waals surface area contributed by atoms with E-state index in [2.05, 4.69) is 4.72 Å². The van der Waals surface area contributed by atoms with Crippen LogP contribution >= 0.6 is 0 Å². The molecular weight excluding hydrogens is 138 g/mol. The molecule has 0 aliphatic heterocycles. The molecule has 1 aliphatic rings. The molecule has 1 saturated carbocycles. The van der Waals surface area contributed by atoms with Gasteiger partial charge in [-0.2, -0.15) is 0 Å². The van der Waals surface area contributed by atoms with Crippen molar-refractivity contribution in [1.29, 1.82) is 0 Å². The summed E-state index contributed by atoms with van der Waals surface area (Å²) in [6.45, 7) is 0. The van der Waals surface area contributed by atoms with Gasteiger partial charge in [0.25, 0.3) is 0 Å². The Balaban J connectivity index is 0.000000173. The number of hydrogen-bond acceptors (Lipinski definition) is 2. The summed E-state index contributed by atoms with van der Waals surface area (Å²) >= 11 is 0. The van der Waals surface area contributed by atoms with Crippen molar-refractivity contribution < 1.29 is 8.42 Å². The van der Waals surface area contributed by atoms with Crippen LogP contribution in [0, 0.1) is 0 Å². The predicted octanol–water partition coefficient (Wildman–Crippen LogP) is 0.336. The van der Waals surface area contributed by atoms with E-state index >= 15 is 0 Å². The molecule has 0 radical (unpaired) electrons. The van der Waals surface area contributed by atoms with Crippen molar-refractivity contribution in [2.24, 2.45) is 0 Å². The van der Waals surface area contributed by atoms with Crippen molar-refractivity contribution in [3.05, 3.63) is 0 Å². The van der Waals surface area contributed by atoms with E-state index in [-0.39, 0.29) is 0 Å². The van der Waals surface area contributed by atoms with Crippen molar-refractivity contribution in [2.75, 3.05) is 13.3 Å². The molecule has 0 amide bonds. The molecule has 1 rings (SSSR count). The molecule has 0 unspecified atom stereocenters. The van der Waals surface area contributed by atoms with Crippen LogP contribution in [-0.2, 0) is 10.0 Å². The Morgan fingerprint density at radius 3 is 1.44 bits per heavy atom. The van der Waals surface area contributed by atoms with Crippen molar-refractivity contribution in [2.45, 2.75) is 19.3 Å². The third-order valence-corrected chi connectivity index (χ3v) is 1.47. The van der Waals surface area contributed by atoms with E-state index in [0.29, 0.717) is 0 Å². The minimum absolute atomic E-state index is 1.10. The third kappa shape index (κ3) is 18.1. The summed E-state index contributed by atoms with van der Waals surface area (Å²) in [5.41, 5.74) is 0. The summed E-state index contributed by atoms with van der Waals surface area (Å²) in [5.74, 6) is 0. The first-order valence-corrected chi connectivity index (χ1v) is 4.84. The topological polar surface area (TPSA) is 46.2 Å². The van der Waals surface area contributed by atoms with Gasteiger partial charge in [0.1, 0.15) is 0 Å². The summed E-state index contributed by atoms with van der Waals surface area (Å²) in [5, 5.41) is 0. The van der Waals surface area contributed by atoms with Crippen molar-refractivity contribution >= 4 is 10.0 Å². The first-order chi connectivity index (χ1) is 4.06. The Kier molecular flexibility index (Phi) is 3.81.